The molecule has 0 saturated carbocycles. The number of benzene rings is 3. The van der Waals surface area contributed by atoms with E-state index in [0.717, 1.165) is 17.7 Å². The van der Waals surface area contributed by atoms with Crippen molar-refractivity contribution < 1.29 is 9.53 Å². The molecule has 0 spiro atoms. The van der Waals surface area contributed by atoms with Crippen molar-refractivity contribution in [1.29, 1.82) is 0 Å². The Bertz CT molecular complexity index is 1270. The van der Waals surface area contributed by atoms with Crippen LogP contribution in [0.25, 0.3) is 0 Å². The molecule has 2 heterocycles. The lowest BCUT2D eigenvalue weighted by atomic mass is 9.78. The maximum Gasteiger partial charge on any atom is 0.236 e. The highest BCUT2D eigenvalue weighted by atomic mass is 35.5. The Morgan fingerprint density at radius 1 is 1.09 bits per heavy atom. The van der Waals surface area contributed by atoms with E-state index in [2.05, 4.69) is 29.7 Å². The molecule has 3 atom stereocenters. The van der Waals surface area contributed by atoms with Crippen LogP contribution in [0.4, 0.5) is 11.4 Å². The van der Waals surface area contributed by atoms with Gasteiger partial charge in [0.15, 0.2) is 10.8 Å². The van der Waals surface area contributed by atoms with Crippen LogP contribution in [0.5, 0.6) is 5.75 Å². The number of aryl methyl sites for hydroxylation is 1. The molecule has 1 amide bonds. The van der Waals surface area contributed by atoms with E-state index in [0.29, 0.717) is 26.6 Å². The molecule has 174 valence electrons. The third-order valence-corrected chi connectivity index (χ3v) is 7.24. The highest BCUT2D eigenvalue weighted by molar-refractivity contribution is 7.80. The van der Waals surface area contributed by atoms with Crippen LogP contribution < -0.4 is 20.3 Å². The Morgan fingerprint density at radius 2 is 1.76 bits per heavy atom. The molecule has 34 heavy (non-hydrogen) atoms. The Morgan fingerprint density at radius 3 is 2.44 bits per heavy atom. The standard InChI is InChI=1S/C26H23Cl2N3O2S/c1-3-15-4-11-19(12-5-15)31-25(34)30-23-20-14-17(28)8-13-21(20)33-26(31,2)22(23)24(32)29-18-9-6-16(27)7-10-18/h4-14,22-23H,3H2,1-2H3,(H,29,32)(H,30,34). The molecule has 1 fully saturated rings. The number of halogens is 2. The van der Waals surface area contributed by atoms with Gasteiger partial charge in [0.2, 0.25) is 5.91 Å². The van der Waals surface area contributed by atoms with Crippen molar-refractivity contribution in [2.45, 2.75) is 32.0 Å². The predicted molar refractivity (Wildman–Crippen MR) is 141 cm³/mol. The molecular weight excluding hydrogens is 489 g/mol. The summed E-state index contributed by atoms with van der Waals surface area (Å²) in [4.78, 5) is 15.7. The summed E-state index contributed by atoms with van der Waals surface area (Å²) in [6.07, 6.45) is 0.930. The van der Waals surface area contributed by atoms with Crippen LogP contribution in [0.3, 0.4) is 0 Å². The lowest BCUT2D eigenvalue weighted by Crippen LogP contribution is -2.72. The van der Waals surface area contributed by atoms with Gasteiger partial charge in [0.1, 0.15) is 11.7 Å². The first-order chi connectivity index (χ1) is 16.3. The Labute approximate surface area is 214 Å². The minimum absolute atomic E-state index is 0.203. The fraction of sp³-hybridized carbons (Fsp3) is 0.231. The molecule has 3 aromatic rings. The number of carbonyl (C=O) groups excluding carboxylic acids is 1. The summed E-state index contributed by atoms with van der Waals surface area (Å²) in [5.74, 6) is -0.185. The van der Waals surface area contributed by atoms with Gasteiger partial charge in [-0.25, -0.2) is 0 Å². The number of ether oxygens (including phenoxy) is 1. The molecule has 3 aromatic carbocycles. The number of nitrogens with zero attached hydrogens (tertiary/aromatic N) is 1. The van der Waals surface area contributed by atoms with Crippen molar-refractivity contribution in [3.05, 3.63) is 87.9 Å². The lowest BCUT2D eigenvalue weighted by molar-refractivity contribution is -0.130. The van der Waals surface area contributed by atoms with Crippen molar-refractivity contribution >= 4 is 57.8 Å². The summed E-state index contributed by atoms with van der Waals surface area (Å²) in [5, 5.41) is 8.06. The SMILES string of the molecule is CCc1ccc(N2C(=S)NC3c4cc(Cl)ccc4OC2(C)C3C(=O)Nc2ccc(Cl)cc2)cc1. The Balaban J connectivity index is 1.60. The summed E-state index contributed by atoms with van der Waals surface area (Å²) in [7, 11) is 0. The maximum atomic E-state index is 13.8. The summed E-state index contributed by atoms with van der Waals surface area (Å²) >= 11 is 18.1. The molecule has 3 unspecified atom stereocenters. The first-order valence-electron chi connectivity index (χ1n) is 11.0. The molecular formula is C26H23Cl2N3O2S. The normalized spacial score (nSPS) is 22.9. The van der Waals surface area contributed by atoms with Crippen molar-refractivity contribution in [1.82, 2.24) is 5.32 Å². The molecule has 5 nitrogen and oxygen atoms in total. The zero-order valence-electron chi connectivity index (χ0n) is 18.6. The molecule has 2 bridgehead atoms. The number of anilines is 2. The highest BCUT2D eigenvalue weighted by Crippen LogP contribution is 2.50. The zero-order chi connectivity index (χ0) is 24.0. The van der Waals surface area contributed by atoms with Crippen molar-refractivity contribution in [2.75, 3.05) is 10.2 Å². The summed E-state index contributed by atoms with van der Waals surface area (Å²) in [6.45, 7) is 4.02. The summed E-state index contributed by atoms with van der Waals surface area (Å²) < 4.78 is 6.59. The Kier molecular flexibility index (Phi) is 5.92. The molecule has 1 saturated heterocycles. The molecule has 0 radical (unpaired) electrons. The van der Waals surface area contributed by atoms with Crippen LogP contribution >= 0.6 is 35.4 Å². The average molecular weight is 512 g/mol. The first-order valence-corrected chi connectivity index (χ1v) is 12.2. The summed E-state index contributed by atoms with van der Waals surface area (Å²) in [6, 6.07) is 20.2. The maximum absolute atomic E-state index is 13.8. The van der Waals surface area contributed by atoms with E-state index in [1.54, 1.807) is 30.3 Å². The molecule has 5 rings (SSSR count). The largest absolute Gasteiger partial charge is 0.467 e. The van der Waals surface area contributed by atoms with Crippen molar-refractivity contribution in [3.8, 4) is 5.75 Å². The van der Waals surface area contributed by atoms with Crippen LogP contribution in [-0.4, -0.2) is 16.7 Å². The van der Waals surface area contributed by atoms with Gasteiger partial charge < -0.3 is 15.4 Å². The zero-order valence-corrected chi connectivity index (χ0v) is 21.0. The Hall–Kier alpha value is -2.80. The number of rotatable bonds is 4. The molecule has 2 N–H and O–H groups in total. The lowest BCUT2D eigenvalue weighted by Gasteiger charge is -2.56. The minimum Gasteiger partial charge on any atom is -0.467 e. The van der Waals surface area contributed by atoms with E-state index in [1.165, 1.54) is 5.56 Å². The van der Waals surface area contributed by atoms with Gasteiger partial charge in [-0.05, 0) is 85.7 Å². The molecule has 0 aromatic heterocycles. The first kappa shape index (κ1) is 23.0. The minimum atomic E-state index is -1.09. The quantitative estimate of drug-likeness (QED) is 0.399. The van der Waals surface area contributed by atoms with Crippen LogP contribution in [0.15, 0.2) is 66.7 Å². The summed E-state index contributed by atoms with van der Waals surface area (Å²) in [5.41, 5.74) is 2.42. The van der Waals surface area contributed by atoms with E-state index < -0.39 is 17.7 Å². The fourth-order valence-electron chi connectivity index (χ4n) is 4.78. The van der Waals surface area contributed by atoms with Gasteiger partial charge in [0.25, 0.3) is 0 Å². The molecule has 2 aliphatic heterocycles. The predicted octanol–water partition coefficient (Wildman–Crippen LogP) is 6.36. The van der Waals surface area contributed by atoms with Gasteiger partial charge in [-0.2, -0.15) is 0 Å². The molecule has 2 aliphatic rings. The van der Waals surface area contributed by atoms with Gasteiger partial charge in [0, 0.05) is 27.0 Å². The number of hydrogen-bond donors (Lipinski definition) is 2. The van der Waals surface area contributed by atoms with E-state index >= 15 is 0 Å². The highest BCUT2D eigenvalue weighted by Gasteiger charge is 2.59. The fourth-order valence-corrected chi connectivity index (χ4v) is 5.50. The number of carbonyl (C=O) groups is 1. The monoisotopic (exact) mass is 511 g/mol. The second-order valence-corrected chi connectivity index (χ2v) is 9.85. The van der Waals surface area contributed by atoms with E-state index in [1.807, 2.05) is 36.1 Å². The van der Waals surface area contributed by atoms with E-state index in [9.17, 15) is 4.79 Å². The number of nitrogens with one attached hydrogen (secondary N) is 2. The number of hydrogen-bond acceptors (Lipinski definition) is 3. The number of fused-ring (bicyclic) bond motifs is 4. The number of thiocarbonyl (C=S) groups is 1. The average Bonchev–Trinajstić information content (AvgIpc) is 2.81. The third-order valence-electron chi connectivity index (χ3n) is 6.46. The smallest absolute Gasteiger partial charge is 0.236 e. The topological polar surface area (TPSA) is 53.6 Å². The van der Waals surface area contributed by atoms with E-state index in [4.69, 9.17) is 40.2 Å². The van der Waals surface area contributed by atoms with Crippen molar-refractivity contribution in [3.63, 3.8) is 0 Å². The van der Waals surface area contributed by atoms with Gasteiger partial charge in [-0.15, -0.1) is 0 Å². The second kappa shape index (κ2) is 8.77. The van der Waals surface area contributed by atoms with Crippen LogP contribution in [0.1, 0.15) is 31.0 Å². The molecule has 0 aliphatic carbocycles. The second-order valence-electron chi connectivity index (χ2n) is 8.60. The third kappa shape index (κ3) is 3.90. The van der Waals surface area contributed by atoms with Gasteiger partial charge in [-0.3, -0.25) is 9.69 Å². The molecule has 8 heteroatoms. The van der Waals surface area contributed by atoms with Crippen LogP contribution in [0, 0.1) is 5.92 Å². The van der Waals surface area contributed by atoms with Gasteiger partial charge in [-0.1, -0.05) is 42.3 Å². The number of amides is 1. The van der Waals surface area contributed by atoms with Crippen molar-refractivity contribution in [2.24, 2.45) is 5.92 Å². The van der Waals surface area contributed by atoms with Gasteiger partial charge in [0.05, 0.1) is 6.04 Å². The van der Waals surface area contributed by atoms with Gasteiger partial charge >= 0.3 is 0 Å². The van der Waals surface area contributed by atoms with Crippen LogP contribution in [0.2, 0.25) is 10.0 Å². The van der Waals surface area contributed by atoms with Crippen LogP contribution in [-0.2, 0) is 11.2 Å². The van der Waals surface area contributed by atoms with E-state index in [-0.39, 0.29) is 5.91 Å².